The van der Waals surface area contributed by atoms with E-state index in [1.165, 1.54) is 0 Å². The smallest absolute Gasteiger partial charge is 0.290 e. The molecule has 0 spiro atoms. The van der Waals surface area contributed by atoms with Crippen LogP contribution in [0.4, 0.5) is 10.5 Å². The number of hydrogen-bond donors (Lipinski definition) is 1. The van der Waals surface area contributed by atoms with E-state index in [9.17, 15) is 9.59 Å². The molecule has 116 valence electrons. The highest BCUT2D eigenvalue weighted by molar-refractivity contribution is 8.18. The van der Waals surface area contributed by atoms with Crippen LogP contribution in [0.5, 0.6) is 0 Å². The average molecular weight is 317 g/mol. The molecule has 2 fully saturated rings. The van der Waals surface area contributed by atoms with E-state index in [1.807, 2.05) is 24.3 Å². The highest BCUT2D eigenvalue weighted by atomic mass is 32.2. The highest BCUT2D eigenvalue weighted by Crippen LogP contribution is 2.31. The number of imide groups is 1. The van der Waals surface area contributed by atoms with Crippen molar-refractivity contribution in [2.24, 2.45) is 0 Å². The van der Waals surface area contributed by atoms with Crippen molar-refractivity contribution in [1.29, 1.82) is 0 Å². The van der Waals surface area contributed by atoms with Gasteiger partial charge in [-0.3, -0.25) is 14.9 Å². The molecule has 3 rings (SSSR count). The number of carbonyl (C=O) groups excluding carboxylic acids is 2. The maximum atomic E-state index is 11.7. The number of likely N-dealkylation sites (N-methyl/N-ethyl adjacent to an activating group) is 1. The summed E-state index contributed by atoms with van der Waals surface area (Å²) in [5.74, 6) is -0.308. The quantitative estimate of drug-likeness (QED) is 0.866. The van der Waals surface area contributed by atoms with E-state index in [0.29, 0.717) is 10.9 Å². The van der Waals surface area contributed by atoms with Gasteiger partial charge in [0.2, 0.25) is 0 Å². The van der Waals surface area contributed by atoms with Crippen LogP contribution in [-0.4, -0.2) is 49.3 Å². The second kappa shape index (κ2) is 6.14. The first kappa shape index (κ1) is 15.1. The molecule has 2 aliphatic rings. The zero-order valence-corrected chi connectivity index (χ0v) is 13.5. The van der Waals surface area contributed by atoms with Crippen molar-refractivity contribution in [3.05, 3.63) is 34.7 Å². The fourth-order valence-electron chi connectivity index (χ4n) is 2.84. The lowest BCUT2D eigenvalue weighted by Crippen LogP contribution is -2.31. The van der Waals surface area contributed by atoms with Gasteiger partial charge in [0.1, 0.15) is 0 Å². The van der Waals surface area contributed by atoms with Crippen LogP contribution >= 0.6 is 11.8 Å². The van der Waals surface area contributed by atoms with Crippen LogP contribution in [0.15, 0.2) is 29.2 Å². The summed E-state index contributed by atoms with van der Waals surface area (Å²) in [4.78, 5) is 28.1. The van der Waals surface area contributed by atoms with Crippen LogP contribution < -0.4 is 10.2 Å². The van der Waals surface area contributed by atoms with Crippen molar-refractivity contribution in [2.45, 2.75) is 12.5 Å². The van der Waals surface area contributed by atoms with Gasteiger partial charge in [-0.25, -0.2) is 0 Å². The van der Waals surface area contributed by atoms with E-state index in [2.05, 4.69) is 35.3 Å². The zero-order chi connectivity index (χ0) is 15.7. The van der Waals surface area contributed by atoms with E-state index >= 15 is 0 Å². The first-order chi connectivity index (χ1) is 10.5. The van der Waals surface area contributed by atoms with Crippen LogP contribution in [0, 0.1) is 0 Å². The van der Waals surface area contributed by atoms with Gasteiger partial charge in [0.25, 0.3) is 11.1 Å². The highest BCUT2D eigenvalue weighted by Gasteiger charge is 2.27. The van der Waals surface area contributed by atoms with Crippen LogP contribution in [0.25, 0.3) is 6.08 Å². The predicted octanol–water partition coefficient (Wildman–Crippen LogP) is 2.15. The van der Waals surface area contributed by atoms with Gasteiger partial charge < -0.3 is 9.80 Å². The number of para-hydroxylation sites is 1. The van der Waals surface area contributed by atoms with E-state index in [4.69, 9.17) is 0 Å². The standard InChI is InChI=1S/C16H19N3O2S/c1-18(2)12-7-8-19(10-12)13-6-4-3-5-11(13)9-14-15(20)17-16(21)22-14/h3-6,9,12H,7-8,10H2,1-2H3,(H,17,20,21)/b14-9-. The summed E-state index contributed by atoms with van der Waals surface area (Å²) in [6.07, 6.45) is 2.94. The molecule has 1 unspecified atom stereocenters. The molecule has 0 saturated carbocycles. The molecular weight excluding hydrogens is 298 g/mol. The van der Waals surface area contributed by atoms with Crippen molar-refractivity contribution in [2.75, 3.05) is 32.1 Å². The maximum Gasteiger partial charge on any atom is 0.290 e. The molecule has 2 saturated heterocycles. The summed E-state index contributed by atoms with van der Waals surface area (Å²) in [5.41, 5.74) is 2.10. The lowest BCUT2D eigenvalue weighted by Gasteiger charge is -2.23. The van der Waals surface area contributed by atoms with E-state index in [-0.39, 0.29) is 11.1 Å². The summed E-state index contributed by atoms with van der Waals surface area (Å²) in [5, 5.41) is 1.99. The fraction of sp³-hybridized carbons (Fsp3) is 0.375. The Bertz CT molecular complexity index is 642. The molecule has 1 aromatic carbocycles. The van der Waals surface area contributed by atoms with Gasteiger partial charge in [-0.1, -0.05) is 18.2 Å². The Labute approximate surface area is 134 Å². The molecule has 0 bridgehead atoms. The molecule has 1 aromatic rings. The summed E-state index contributed by atoms with van der Waals surface area (Å²) >= 11 is 0.960. The Kier molecular flexibility index (Phi) is 4.22. The molecule has 22 heavy (non-hydrogen) atoms. The molecular formula is C16H19N3O2S. The van der Waals surface area contributed by atoms with Crippen molar-refractivity contribution in [3.8, 4) is 0 Å². The molecule has 0 aliphatic carbocycles. The SMILES string of the molecule is CN(C)C1CCN(c2ccccc2/C=C2\SC(=O)NC2=O)C1. The van der Waals surface area contributed by atoms with Gasteiger partial charge in [-0.05, 0) is 50.0 Å². The second-order valence-electron chi connectivity index (χ2n) is 5.76. The first-order valence-electron chi connectivity index (χ1n) is 7.30. The summed E-state index contributed by atoms with van der Waals surface area (Å²) in [7, 11) is 4.21. The van der Waals surface area contributed by atoms with Crippen LogP contribution in [0.2, 0.25) is 0 Å². The Morgan fingerprint density at radius 1 is 1.32 bits per heavy atom. The minimum Gasteiger partial charge on any atom is -0.369 e. The number of carbonyl (C=O) groups is 2. The Hall–Kier alpha value is -1.79. The van der Waals surface area contributed by atoms with E-state index in [1.54, 1.807) is 0 Å². The summed E-state index contributed by atoms with van der Waals surface area (Å²) < 4.78 is 0. The monoisotopic (exact) mass is 317 g/mol. The number of thioether (sulfide) groups is 1. The first-order valence-corrected chi connectivity index (χ1v) is 8.11. The van der Waals surface area contributed by atoms with Crippen molar-refractivity contribution < 1.29 is 9.59 Å². The molecule has 2 aliphatic heterocycles. The number of nitrogens with one attached hydrogen (secondary N) is 1. The molecule has 6 heteroatoms. The average Bonchev–Trinajstić information content (AvgIpc) is 3.07. The topological polar surface area (TPSA) is 52.6 Å². The van der Waals surface area contributed by atoms with Gasteiger partial charge in [0.15, 0.2) is 0 Å². The molecule has 0 radical (unpaired) electrons. The summed E-state index contributed by atoms with van der Waals surface area (Å²) in [6.45, 7) is 1.98. The molecule has 5 nitrogen and oxygen atoms in total. The molecule has 1 N–H and O–H groups in total. The van der Waals surface area contributed by atoms with Gasteiger partial charge in [-0.2, -0.15) is 0 Å². The Morgan fingerprint density at radius 2 is 2.09 bits per heavy atom. The van der Waals surface area contributed by atoms with Crippen molar-refractivity contribution in [1.82, 2.24) is 10.2 Å². The van der Waals surface area contributed by atoms with Crippen LogP contribution in [0.3, 0.4) is 0 Å². The molecule has 2 heterocycles. The summed E-state index contributed by atoms with van der Waals surface area (Å²) in [6, 6.07) is 8.57. The second-order valence-corrected chi connectivity index (χ2v) is 6.78. The third kappa shape index (κ3) is 3.03. The number of benzene rings is 1. The van der Waals surface area contributed by atoms with Crippen molar-refractivity contribution >= 4 is 34.7 Å². The fourth-order valence-corrected chi connectivity index (χ4v) is 3.52. The number of hydrogen-bond acceptors (Lipinski definition) is 5. The van der Waals surface area contributed by atoms with E-state index < -0.39 is 0 Å². The number of nitrogens with zero attached hydrogens (tertiary/aromatic N) is 2. The normalized spacial score (nSPS) is 23.7. The van der Waals surface area contributed by atoms with E-state index in [0.717, 1.165) is 42.5 Å². The minimum atomic E-state index is -0.308. The van der Waals surface area contributed by atoms with Gasteiger partial charge in [0.05, 0.1) is 4.91 Å². The lowest BCUT2D eigenvalue weighted by molar-refractivity contribution is -0.115. The molecule has 0 aromatic heterocycles. The number of rotatable bonds is 3. The van der Waals surface area contributed by atoms with Gasteiger partial charge in [-0.15, -0.1) is 0 Å². The molecule has 2 amide bonds. The molecule has 1 atom stereocenters. The van der Waals surface area contributed by atoms with Crippen molar-refractivity contribution in [3.63, 3.8) is 0 Å². The number of amides is 2. The van der Waals surface area contributed by atoms with Gasteiger partial charge >= 0.3 is 0 Å². The maximum absolute atomic E-state index is 11.7. The predicted molar refractivity (Wildman–Crippen MR) is 89.9 cm³/mol. The largest absolute Gasteiger partial charge is 0.369 e. The third-order valence-corrected chi connectivity index (χ3v) is 4.91. The number of anilines is 1. The van der Waals surface area contributed by atoms with Gasteiger partial charge in [0, 0.05) is 24.8 Å². The van der Waals surface area contributed by atoms with Crippen LogP contribution in [0.1, 0.15) is 12.0 Å². The van der Waals surface area contributed by atoms with Crippen LogP contribution in [-0.2, 0) is 4.79 Å². The lowest BCUT2D eigenvalue weighted by atomic mass is 10.1. The Balaban J connectivity index is 1.87. The third-order valence-electron chi connectivity index (χ3n) is 4.10. The Morgan fingerprint density at radius 3 is 2.73 bits per heavy atom. The minimum absolute atomic E-state index is 0.303. The zero-order valence-electron chi connectivity index (χ0n) is 12.7.